The number of allylic oxidation sites excluding steroid dienone is 1. The van der Waals surface area contributed by atoms with Crippen molar-refractivity contribution >= 4 is 5.78 Å². The predicted octanol–water partition coefficient (Wildman–Crippen LogP) is 3.59. The molecule has 0 fully saturated rings. The van der Waals surface area contributed by atoms with E-state index in [1.54, 1.807) is 0 Å². The fourth-order valence-electron chi connectivity index (χ4n) is 1.27. The van der Waals surface area contributed by atoms with E-state index in [1.165, 1.54) is 12.8 Å². The summed E-state index contributed by atoms with van der Waals surface area (Å²) >= 11 is 0. The number of hydrogen-bond acceptors (Lipinski definition) is 1. The van der Waals surface area contributed by atoms with Crippen LogP contribution in [-0.4, -0.2) is 5.78 Å². The fraction of sp³-hybridized carbons (Fsp3) is 0.750. The first kappa shape index (κ1) is 12.4. The van der Waals surface area contributed by atoms with Crippen LogP contribution in [0.25, 0.3) is 0 Å². The number of hydrogen-bond donors (Lipinski definition) is 0. The van der Waals surface area contributed by atoms with Crippen LogP contribution in [0.3, 0.4) is 0 Å². The first-order valence-corrected chi connectivity index (χ1v) is 5.28. The van der Waals surface area contributed by atoms with Crippen molar-refractivity contribution in [1.29, 1.82) is 0 Å². The standard InChI is InChI=1S/C12H22O/c1-5-7-8-9-12(13)11(4)10(3)6-2/h6,10-11H,2,5,7-9H2,1,3-4H3/t10-,11-/m1/s1. The van der Waals surface area contributed by atoms with Gasteiger partial charge in [0.1, 0.15) is 5.78 Å². The lowest BCUT2D eigenvalue weighted by molar-refractivity contribution is -0.123. The van der Waals surface area contributed by atoms with Gasteiger partial charge in [-0.3, -0.25) is 4.79 Å². The van der Waals surface area contributed by atoms with Gasteiger partial charge in [0.25, 0.3) is 0 Å². The molecule has 0 saturated heterocycles. The minimum Gasteiger partial charge on any atom is -0.299 e. The molecule has 0 saturated carbocycles. The van der Waals surface area contributed by atoms with Gasteiger partial charge >= 0.3 is 0 Å². The van der Waals surface area contributed by atoms with Crippen molar-refractivity contribution < 1.29 is 4.79 Å². The van der Waals surface area contributed by atoms with Crippen molar-refractivity contribution in [1.82, 2.24) is 0 Å². The SMILES string of the molecule is C=C[C@@H](C)[C@@H](C)C(=O)CCCCC. The van der Waals surface area contributed by atoms with E-state index in [4.69, 9.17) is 0 Å². The molecule has 0 aromatic rings. The molecule has 0 aliphatic carbocycles. The zero-order valence-corrected chi connectivity index (χ0v) is 9.18. The molecule has 1 heteroatoms. The summed E-state index contributed by atoms with van der Waals surface area (Å²) in [6.45, 7) is 9.91. The highest BCUT2D eigenvalue weighted by molar-refractivity contribution is 5.81. The first-order chi connectivity index (χ1) is 6.13. The van der Waals surface area contributed by atoms with Crippen LogP contribution in [0.1, 0.15) is 46.5 Å². The second kappa shape index (κ2) is 6.88. The minimum absolute atomic E-state index is 0.148. The van der Waals surface area contributed by atoms with E-state index >= 15 is 0 Å². The number of ketones is 1. The average molecular weight is 182 g/mol. The van der Waals surface area contributed by atoms with Gasteiger partial charge in [-0.1, -0.05) is 39.7 Å². The molecule has 0 rings (SSSR count). The first-order valence-electron chi connectivity index (χ1n) is 5.28. The molecule has 0 amide bonds. The zero-order chi connectivity index (χ0) is 10.3. The topological polar surface area (TPSA) is 17.1 Å². The Bertz CT molecular complexity index is 161. The molecule has 0 radical (unpaired) electrons. The highest BCUT2D eigenvalue weighted by Gasteiger charge is 2.16. The molecule has 1 nitrogen and oxygen atoms in total. The van der Waals surface area contributed by atoms with E-state index in [0.29, 0.717) is 11.7 Å². The molecule has 0 spiro atoms. The number of unbranched alkanes of at least 4 members (excludes halogenated alkanes) is 2. The summed E-state index contributed by atoms with van der Waals surface area (Å²) in [6, 6.07) is 0. The van der Waals surface area contributed by atoms with Crippen molar-refractivity contribution in [2.45, 2.75) is 46.5 Å². The maximum Gasteiger partial charge on any atom is 0.136 e. The summed E-state index contributed by atoms with van der Waals surface area (Å²) in [4.78, 5) is 11.6. The fourth-order valence-corrected chi connectivity index (χ4v) is 1.27. The molecule has 76 valence electrons. The second-order valence-corrected chi connectivity index (χ2v) is 3.81. The summed E-state index contributed by atoms with van der Waals surface area (Å²) in [7, 11) is 0. The third-order valence-electron chi connectivity index (χ3n) is 2.70. The molecule has 0 bridgehead atoms. The molecule has 0 heterocycles. The molecule has 0 aliphatic rings. The van der Waals surface area contributed by atoms with Gasteiger partial charge in [-0.25, -0.2) is 0 Å². The molecule has 0 unspecified atom stereocenters. The van der Waals surface area contributed by atoms with Gasteiger partial charge in [-0.05, 0) is 12.3 Å². The van der Waals surface area contributed by atoms with Gasteiger partial charge < -0.3 is 0 Å². The molecule has 0 aromatic carbocycles. The van der Waals surface area contributed by atoms with Crippen molar-refractivity contribution in [3.8, 4) is 0 Å². The lowest BCUT2D eigenvalue weighted by atomic mass is 9.89. The normalized spacial score (nSPS) is 15.0. The summed E-state index contributed by atoms with van der Waals surface area (Å²) in [5.41, 5.74) is 0. The van der Waals surface area contributed by atoms with Crippen molar-refractivity contribution in [3.63, 3.8) is 0 Å². The molecule has 0 N–H and O–H groups in total. The van der Waals surface area contributed by atoms with E-state index in [2.05, 4.69) is 20.4 Å². The van der Waals surface area contributed by atoms with Crippen LogP contribution in [0.15, 0.2) is 12.7 Å². The Kier molecular flexibility index (Phi) is 6.56. The van der Waals surface area contributed by atoms with E-state index in [0.717, 1.165) is 12.8 Å². The second-order valence-electron chi connectivity index (χ2n) is 3.81. The van der Waals surface area contributed by atoms with Crippen LogP contribution in [0, 0.1) is 11.8 Å². The summed E-state index contributed by atoms with van der Waals surface area (Å²) in [6.07, 6.45) is 6.00. The molecular weight excluding hydrogens is 160 g/mol. The Balaban J connectivity index is 3.75. The van der Waals surface area contributed by atoms with Crippen LogP contribution in [0.4, 0.5) is 0 Å². The Morgan fingerprint density at radius 1 is 1.38 bits per heavy atom. The predicted molar refractivity (Wildman–Crippen MR) is 57.7 cm³/mol. The quantitative estimate of drug-likeness (QED) is 0.434. The van der Waals surface area contributed by atoms with Gasteiger partial charge in [0, 0.05) is 12.3 Å². The molecule has 0 aliphatic heterocycles. The Labute approximate surface area is 82.2 Å². The minimum atomic E-state index is 0.148. The Morgan fingerprint density at radius 2 is 2.00 bits per heavy atom. The largest absolute Gasteiger partial charge is 0.299 e. The summed E-state index contributed by atoms with van der Waals surface area (Å²) < 4.78 is 0. The third kappa shape index (κ3) is 4.87. The van der Waals surface area contributed by atoms with Crippen LogP contribution in [-0.2, 0) is 4.79 Å². The molecular formula is C12H22O. The van der Waals surface area contributed by atoms with Gasteiger partial charge in [0.15, 0.2) is 0 Å². The molecule has 13 heavy (non-hydrogen) atoms. The van der Waals surface area contributed by atoms with Gasteiger partial charge in [0.2, 0.25) is 0 Å². The zero-order valence-electron chi connectivity index (χ0n) is 9.18. The van der Waals surface area contributed by atoms with Crippen LogP contribution < -0.4 is 0 Å². The van der Waals surface area contributed by atoms with Crippen molar-refractivity contribution in [3.05, 3.63) is 12.7 Å². The van der Waals surface area contributed by atoms with E-state index in [-0.39, 0.29) is 5.92 Å². The van der Waals surface area contributed by atoms with Crippen molar-refractivity contribution in [2.75, 3.05) is 0 Å². The number of rotatable bonds is 7. The number of carbonyl (C=O) groups is 1. The van der Waals surface area contributed by atoms with Gasteiger partial charge in [-0.15, -0.1) is 6.58 Å². The lowest BCUT2D eigenvalue weighted by Gasteiger charge is -2.14. The smallest absolute Gasteiger partial charge is 0.136 e. The van der Waals surface area contributed by atoms with Crippen LogP contribution in [0.2, 0.25) is 0 Å². The number of carbonyl (C=O) groups excluding carboxylic acids is 1. The molecule has 0 aromatic heterocycles. The molecule has 2 atom stereocenters. The number of Topliss-reactive ketones (excluding diaryl/α,β-unsaturated/α-hetero) is 1. The highest BCUT2D eigenvalue weighted by atomic mass is 16.1. The van der Waals surface area contributed by atoms with Crippen LogP contribution in [0.5, 0.6) is 0 Å². The third-order valence-corrected chi connectivity index (χ3v) is 2.70. The van der Waals surface area contributed by atoms with Gasteiger partial charge in [-0.2, -0.15) is 0 Å². The monoisotopic (exact) mass is 182 g/mol. The maximum absolute atomic E-state index is 11.6. The average Bonchev–Trinajstić information content (AvgIpc) is 2.15. The summed E-state index contributed by atoms with van der Waals surface area (Å²) in [5, 5.41) is 0. The van der Waals surface area contributed by atoms with E-state index in [1.807, 2.05) is 13.0 Å². The Hall–Kier alpha value is -0.590. The van der Waals surface area contributed by atoms with Crippen LogP contribution >= 0.6 is 0 Å². The van der Waals surface area contributed by atoms with Crippen molar-refractivity contribution in [2.24, 2.45) is 11.8 Å². The lowest BCUT2D eigenvalue weighted by Crippen LogP contribution is -2.17. The van der Waals surface area contributed by atoms with E-state index < -0.39 is 0 Å². The summed E-state index contributed by atoms with van der Waals surface area (Å²) in [5.74, 6) is 0.851. The Morgan fingerprint density at radius 3 is 2.46 bits per heavy atom. The highest BCUT2D eigenvalue weighted by Crippen LogP contribution is 2.16. The van der Waals surface area contributed by atoms with Gasteiger partial charge in [0.05, 0.1) is 0 Å². The maximum atomic E-state index is 11.6. The van der Waals surface area contributed by atoms with E-state index in [9.17, 15) is 4.79 Å².